The van der Waals surface area contributed by atoms with Crippen molar-refractivity contribution in [1.82, 2.24) is 10.2 Å². The monoisotopic (exact) mass is 581 g/mol. The molecule has 12 heteroatoms. The van der Waals surface area contributed by atoms with Crippen LogP contribution in [0.1, 0.15) is 32.8 Å². The average molecular weight is 583 g/mol. The molecule has 0 aliphatic carbocycles. The van der Waals surface area contributed by atoms with E-state index in [0.717, 1.165) is 10.6 Å². The quantitative estimate of drug-likeness (QED) is 0.406. The molecule has 0 saturated carbocycles. The van der Waals surface area contributed by atoms with E-state index >= 15 is 0 Å². The third-order valence-corrected chi connectivity index (χ3v) is 7.80. The lowest BCUT2D eigenvalue weighted by Gasteiger charge is -2.32. The minimum atomic E-state index is -3.95. The third kappa shape index (κ3) is 7.89. The number of halogens is 4. The fourth-order valence-corrected chi connectivity index (χ4v) is 4.98. The number of nitrogens with one attached hydrogen (secondary N) is 1. The molecule has 192 valence electrons. The summed E-state index contributed by atoms with van der Waals surface area (Å²) in [6, 6.07) is 8.10. The van der Waals surface area contributed by atoms with Gasteiger partial charge in [0.15, 0.2) is 0 Å². The molecule has 0 fully saturated rings. The van der Waals surface area contributed by atoms with Gasteiger partial charge in [0, 0.05) is 33.2 Å². The molecule has 1 N–H and O–H groups in total. The van der Waals surface area contributed by atoms with E-state index in [1.807, 2.05) is 13.8 Å². The Labute approximate surface area is 226 Å². The molecule has 0 unspecified atom stereocenters. The predicted molar refractivity (Wildman–Crippen MR) is 143 cm³/mol. The number of nitrogens with zero attached hydrogens (tertiary/aromatic N) is 2. The molecule has 0 saturated heterocycles. The summed E-state index contributed by atoms with van der Waals surface area (Å²) in [6.45, 7) is 4.57. The highest BCUT2D eigenvalue weighted by atomic mass is 35.5. The number of sulfonamides is 1. The molecule has 2 aromatic carbocycles. The SMILES string of the molecule is CC[C@@H](C)NC(=O)[C@@H](C)N(Cc1c(Cl)cccc1Cl)C(=O)CN(c1cc(Cl)ccc1Cl)S(C)(=O)=O. The van der Waals surface area contributed by atoms with E-state index in [1.165, 1.54) is 23.1 Å². The molecule has 0 radical (unpaired) electrons. The molecule has 7 nitrogen and oxygen atoms in total. The van der Waals surface area contributed by atoms with Crippen molar-refractivity contribution >= 4 is 73.9 Å². The third-order valence-electron chi connectivity index (χ3n) is 5.41. The summed E-state index contributed by atoms with van der Waals surface area (Å²) < 4.78 is 26.1. The lowest BCUT2D eigenvalue weighted by Crippen LogP contribution is -2.52. The van der Waals surface area contributed by atoms with Crippen LogP contribution < -0.4 is 9.62 Å². The second-order valence-corrected chi connectivity index (χ2v) is 11.6. The zero-order valence-electron chi connectivity index (χ0n) is 19.7. The number of carbonyl (C=O) groups is 2. The Hall–Kier alpha value is -1.71. The van der Waals surface area contributed by atoms with Crippen molar-refractivity contribution in [2.75, 3.05) is 17.1 Å². The minimum Gasteiger partial charge on any atom is -0.352 e. The van der Waals surface area contributed by atoms with Crippen molar-refractivity contribution in [3.63, 3.8) is 0 Å². The van der Waals surface area contributed by atoms with Crippen molar-refractivity contribution in [2.45, 2.75) is 45.8 Å². The van der Waals surface area contributed by atoms with E-state index in [1.54, 1.807) is 25.1 Å². The molecular formula is C23H27Cl4N3O4S. The van der Waals surface area contributed by atoms with Gasteiger partial charge in [-0.3, -0.25) is 13.9 Å². The average Bonchev–Trinajstić information content (AvgIpc) is 2.77. The normalized spacial score (nSPS) is 13.1. The summed E-state index contributed by atoms with van der Waals surface area (Å²) in [5, 5.41) is 3.79. The highest BCUT2D eigenvalue weighted by Gasteiger charge is 2.32. The van der Waals surface area contributed by atoms with Crippen LogP contribution in [0.5, 0.6) is 0 Å². The van der Waals surface area contributed by atoms with Crippen LogP contribution in [0.3, 0.4) is 0 Å². The van der Waals surface area contributed by atoms with Gasteiger partial charge in [0.25, 0.3) is 0 Å². The van der Waals surface area contributed by atoms with E-state index in [9.17, 15) is 18.0 Å². The lowest BCUT2D eigenvalue weighted by atomic mass is 10.1. The van der Waals surface area contributed by atoms with E-state index < -0.39 is 34.4 Å². The Bertz CT molecular complexity index is 1170. The second kappa shape index (κ2) is 12.5. The van der Waals surface area contributed by atoms with Crippen molar-refractivity contribution in [3.8, 4) is 0 Å². The topological polar surface area (TPSA) is 86.8 Å². The lowest BCUT2D eigenvalue weighted by molar-refractivity contribution is -0.139. The van der Waals surface area contributed by atoms with Gasteiger partial charge in [-0.15, -0.1) is 0 Å². The molecule has 0 aliphatic heterocycles. The van der Waals surface area contributed by atoms with Crippen LogP contribution >= 0.6 is 46.4 Å². The molecule has 2 aromatic rings. The number of carbonyl (C=O) groups excluding carboxylic acids is 2. The zero-order chi connectivity index (χ0) is 26.5. The molecule has 35 heavy (non-hydrogen) atoms. The van der Waals surface area contributed by atoms with Crippen LogP contribution in [-0.4, -0.2) is 50.0 Å². The number of rotatable bonds is 10. The van der Waals surface area contributed by atoms with Crippen LogP contribution in [-0.2, 0) is 26.2 Å². The van der Waals surface area contributed by atoms with Crippen molar-refractivity contribution < 1.29 is 18.0 Å². The maximum atomic E-state index is 13.6. The van der Waals surface area contributed by atoms with Crippen LogP contribution in [0.4, 0.5) is 5.69 Å². The van der Waals surface area contributed by atoms with Crippen molar-refractivity contribution in [3.05, 3.63) is 62.1 Å². The predicted octanol–water partition coefficient (Wildman–Crippen LogP) is 5.40. The Kier molecular flexibility index (Phi) is 10.5. The van der Waals surface area contributed by atoms with Gasteiger partial charge < -0.3 is 10.2 Å². The van der Waals surface area contributed by atoms with E-state index in [-0.39, 0.29) is 28.3 Å². The first-order chi connectivity index (χ1) is 16.3. The Morgan fingerprint density at radius 1 is 1.00 bits per heavy atom. The molecule has 0 aromatic heterocycles. The van der Waals surface area contributed by atoms with Gasteiger partial charge in [0.1, 0.15) is 12.6 Å². The fraction of sp³-hybridized carbons (Fsp3) is 0.391. The first kappa shape index (κ1) is 29.5. The summed E-state index contributed by atoms with van der Waals surface area (Å²) in [5.74, 6) is -1.06. The molecular weight excluding hydrogens is 556 g/mol. The number of hydrogen-bond donors (Lipinski definition) is 1. The Balaban J connectivity index is 2.49. The summed E-state index contributed by atoms with van der Waals surface area (Å²) in [6.07, 6.45) is 1.64. The van der Waals surface area contributed by atoms with Gasteiger partial charge in [-0.05, 0) is 50.6 Å². The zero-order valence-corrected chi connectivity index (χ0v) is 23.5. The number of anilines is 1. The molecule has 2 amide bonds. The van der Waals surface area contributed by atoms with E-state index in [4.69, 9.17) is 46.4 Å². The number of hydrogen-bond acceptors (Lipinski definition) is 4. The number of benzene rings is 2. The first-order valence-corrected chi connectivity index (χ1v) is 14.1. The van der Waals surface area contributed by atoms with Gasteiger partial charge in [-0.1, -0.05) is 59.4 Å². The van der Waals surface area contributed by atoms with Crippen LogP contribution in [0.15, 0.2) is 36.4 Å². The van der Waals surface area contributed by atoms with Gasteiger partial charge in [-0.2, -0.15) is 0 Å². The summed E-state index contributed by atoms with van der Waals surface area (Å²) in [7, 11) is -3.95. The fourth-order valence-electron chi connectivity index (χ4n) is 3.17. The molecule has 0 spiro atoms. The van der Waals surface area contributed by atoms with Crippen LogP contribution in [0, 0.1) is 0 Å². The maximum Gasteiger partial charge on any atom is 0.244 e. The maximum absolute atomic E-state index is 13.6. The van der Waals surface area contributed by atoms with Gasteiger partial charge in [-0.25, -0.2) is 8.42 Å². The Morgan fingerprint density at radius 3 is 2.14 bits per heavy atom. The molecule has 2 atom stereocenters. The molecule has 0 aliphatic rings. The van der Waals surface area contributed by atoms with Crippen molar-refractivity contribution in [2.24, 2.45) is 0 Å². The largest absolute Gasteiger partial charge is 0.352 e. The standard InChI is InChI=1S/C23H27Cl4N3O4S/c1-5-14(2)28-23(32)15(3)29(12-17-18(25)7-6-8-19(17)26)22(31)13-30(35(4,33)34)21-11-16(24)9-10-20(21)27/h6-11,14-15H,5,12-13H2,1-4H3,(H,28,32)/t14-,15-/m1/s1. The first-order valence-electron chi connectivity index (χ1n) is 10.7. The highest BCUT2D eigenvalue weighted by molar-refractivity contribution is 7.92. The van der Waals surface area contributed by atoms with Crippen LogP contribution in [0.25, 0.3) is 0 Å². The van der Waals surface area contributed by atoms with Crippen molar-refractivity contribution in [1.29, 1.82) is 0 Å². The minimum absolute atomic E-state index is 0.0439. The van der Waals surface area contributed by atoms with Crippen LogP contribution in [0.2, 0.25) is 20.1 Å². The Morgan fingerprint density at radius 2 is 1.60 bits per heavy atom. The van der Waals surface area contributed by atoms with E-state index in [2.05, 4.69) is 5.32 Å². The molecule has 0 heterocycles. The van der Waals surface area contributed by atoms with Gasteiger partial charge >= 0.3 is 0 Å². The summed E-state index contributed by atoms with van der Waals surface area (Å²) in [4.78, 5) is 27.7. The van der Waals surface area contributed by atoms with E-state index in [0.29, 0.717) is 22.0 Å². The summed E-state index contributed by atoms with van der Waals surface area (Å²) in [5.41, 5.74) is 0.474. The highest BCUT2D eigenvalue weighted by Crippen LogP contribution is 2.31. The second-order valence-electron chi connectivity index (χ2n) is 8.08. The molecule has 0 bridgehead atoms. The molecule has 2 rings (SSSR count). The van der Waals surface area contributed by atoms with Gasteiger partial charge in [0.2, 0.25) is 21.8 Å². The summed E-state index contributed by atoms with van der Waals surface area (Å²) >= 11 is 24.9. The number of amides is 2. The smallest absolute Gasteiger partial charge is 0.244 e. The van der Waals surface area contributed by atoms with Gasteiger partial charge in [0.05, 0.1) is 17.0 Å².